The molecule has 0 aromatic heterocycles. The van der Waals surface area contributed by atoms with Crippen molar-refractivity contribution in [3.05, 3.63) is 54.6 Å². The molecule has 2 aromatic rings. The Hall–Kier alpha value is -2.04. The summed E-state index contributed by atoms with van der Waals surface area (Å²) in [4.78, 5) is 2.08. The Morgan fingerprint density at radius 2 is 1.57 bits per heavy atom. The average Bonchev–Trinajstić information content (AvgIpc) is 2.55. The number of anilines is 2. The fourth-order valence-electron chi connectivity index (χ4n) is 2.19. The summed E-state index contributed by atoms with van der Waals surface area (Å²) in [6.45, 7) is 2.33. The normalized spacial score (nSPS) is 12.0. The second-order valence-corrected chi connectivity index (χ2v) is 4.80. The molecule has 0 heterocycles. The van der Waals surface area contributed by atoms with Crippen LogP contribution in [0.2, 0.25) is 0 Å². The van der Waals surface area contributed by atoms with Gasteiger partial charge in [0.1, 0.15) is 12.4 Å². The first-order valence-electron chi connectivity index (χ1n) is 7.05. The first-order valence-corrected chi connectivity index (χ1v) is 7.05. The highest BCUT2D eigenvalue weighted by Crippen LogP contribution is 2.29. The molecular formula is C17H21NO3. The van der Waals surface area contributed by atoms with Gasteiger partial charge in [0.2, 0.25) is 0 Å². The fourth-order valence-corrected chi connectivity index (χ4v) is 2.19. The summed E-state index contributed by atoms with van der Waals surface area (Å²) in [7, 11) is 0. The summed E-state index contributed by atoms with van der Waals surface area (Å²) in [5.74, 6) is 0.720. The summed E-state index contributed by atoms with van der Waals surface area (Å²) >= 11 is 0. The van der Waals surface area contributed by atoms with E-state index in [4.69, 9.17) is 9.84 Å². The summed E-state index contributed by atoms with van der Waals surface area (Å²) < 4.78 is 5.36. The van der Waals surface area contributed by atoms with Crippen LogP contribution in [0.5, 0.6) is 5.75 Å². The third-order valence-corrected chi connectivity index (χ3v) is 3.21. The molecule has 21 heavy (non-hydrogen) atoms. The summed E-state index contributed by atoms with van der Waals surface area (Å²) in [6, 6.07) is 17.6. The molecule has 0 aliphatic rings. The van der Waals surface area contributed by atoms with E-state index in [1.54, 1.807) is 0 Å². The number of ether oxygens (including phenoxy) is 1. The number of para-hydroxylation sites is 1. The van der Waals surface area contributed by atoms with E-state index in [0.29, 0.717) is 0 Å². The Morgan fingerprint density at radius 1 is 0.952 bits per heavy atom. The monoisotopic (exact) mass is 287 g/mol. The SMILES string of the molecule is CC(CO)N(c1ccccc1)c1ccc(OCCO)cc1. The summed E-state index contributed by atoms with van der Waals surface area (Å²) in [5, 5.41) is 18.3. The standard InChI is InChI=1S/C17H21NO3/c1-14(13-20)18(15-5-3-2-4-6-15)16-7-9-17(10-8-16)21-12-11-19/h2-10,14,19-20H,11-13H2,1H3. The van der Waals surface area contributed by atoms with Gasteiger partial charge < -0.3 is 19.8 Å². The Bertz CT molecular complexity index is 527. The zero-order valence-corrected chi connectivity index (χ0v) is 12.1. The molecule has 0 bridgehead atoms. The quantitative estimate of drug-likeness (QED) is 0.822. The third-order valence-electron chi connectivity index (χ3n) is 3.21. The van der Waals surface area contributed by atoms with Gasteiger partial charge in [-0.25, -0.2) is 0 Å². The molecule has 4 heteroatoms. The minimum absolute atomic E-state index is 0.000557. The Morgan fingerprint density at radius 3 is 2.14 bits per heavy atom. The van der Waals surface area contributed by atoms with E-state index >= 15 is 0 Å². The molecule has 0 aliphatic carbocycles. The molecule has 0 amide bonds. The highest BCUT2D eigenvalue weighted by Gasteiger charge is 2.15. The van der Waals surface area contributed by atoms with E-state index in [0.717, 1.165) is 17.1 Å². The van der Waals surface area contributed by atoms with E-state index < -0.39 is 0 Å². The Kier molecular flexibility index (Phi) is 5.60. The molecule has 2 N–H and O–H groups in total. The smallest absolute Gasteiger partial charge is 0.119 e. The first-order chi connectivity index (χ1) is 10.3. The molecule has 2 aromatic carbocycles. The van der Waals surface area contributed by atoms with Crippen LogP contribution < -0.4 is 9.64 Å². The van der Waals surface area contributed by atoms with Crippen LogP contribution in [0.3, 0.4) is 0 Å². The topological polar surface area (TPSA) is 52.9 Å². The number of rotatable bonds is 7. The lowest BCUT2D eigenvalue weighted by Gasteiger charge is -2.30. The lowest BCUT2D eigenvalue weighted by atomic mass is 10.1. The summed E-state index contributed by atoms with van der Waals surface area (Å²) in [5.41, 5.74) is 2.02. The molecule has 0 spiro atoms. The number of nitrogens with zero attached hydrogens (tertiary/aromatic N) is 1. The van der Waals surface area contributed by atoms with Gasteiger partial charge in [0, 0.05) is 11.4 Å². The lowest BCUT2D eigenvalue weighted by Crippen LogP contribution is -2.31. The van der Waals surface area contributed by atoms with Crippen LogP contribution in [-0.4, -0.2) is 36.1 Å². The van der Waals surface area contributed by atoms with Gasteiger partial charge in [0.25, 0.3) is 0 Å². The second-order valence-electron chi connectivity index (χ2n) is 4.80. The van der Waals surface area contributed by atoms with Gasteiger partial charge in [-0.15, -0.1) is 0 Å². The number of benzene rings is 2. The van der Waals surface area contributed by atoms with Gasteiger partial charge in [-0.2, -0.15) is 0 Å². The van der Waals surface area contributed by atoms with E-state index in [1.807, 2.05) is 61.5 Å². The van der Waals surface area contributed by atoms with Crippen molar-refractivity contribution in [2.45, 2.75) is 13.0 Å². The highest BCUT2D eigenvalue weighted by molar-refractivity contribution is 5.64. The number of hydrogen-bond acceptors (Lipinski definition) is 4. The molecule has 1 atom stereocenters. The van der Waals surface area contributed by atoms with Crippen molar-refractivity contribution in [3.8, 4) is 5.75 Å². The van der Waals surface area contributed by atoms with Crippen LogP contribution >= 0.6 is 0 Å². The van der Waals surface area contributed by atoms with E-state index in [2.05, 4.69) is 4.90 Å². The van der Waals surface area contributed by atoms with Gasteiger partial charge in [-0.1, -0.05) is 18.2 Å². The fraction of sp³-hybridized carbons (Fsp3) is 0.294. The van der Waals surface area contributed by atoms with Gasteiger partial charge in [0.05, 0.1) is 19.3 Å². The average molecular weight is 287 g/mol. The third kappa shape index (κ3) is 3.97. The molecule has 4 nitrogen and oxygen atoms in total. The predicted octanol–water partition coefficient (Wildman–Crippen LogP) is 2.58. The van der Waals surface area contributed by atoms with Crippen molar-refractivity contribution >= 4 is 11.4 Å². The number of hydrogen-bond donors (Lipinski definition) is 2. The minimum Gasteiger partial charge on any atom is -0.491 e. The first kappa shape index (κ1) is 15.4. The molecule has 0 radical (unpaired) electrons. The van der Waals surface area contributed by atoms with Crippen molar-refractivity contribution in [2.75, 3.05) is 24.7 Å². The maximum Gasteiger partial charge on any atom is 0.119 e. The molecule has 2 rings (SSSR count). The van der Waals surface area contributed by atoms with Crippen LogP contribution in [0.15, 0.2) is 54.6 Å². The second kappa shape index (κ2) is 7.67. The molecule has 0 aliphatic heterocycles. The van der Waals surface area contributed by atoms with E-state index in [-0.39, 0.29) is 25.9 Å². The van der Waals surface area contributed by atoms with Crippen LogP contribution in [0, 0.1) is 0 Å². The lowest BCUT2D eigenvalue weighted by molar-refractivity contribution is 0.201. The van der Waals surface area contributed by atoms with Crippen molar-refractivity contribution < 1.29 is 14.9 Å². The number of aliphatic hydroxyl groups is 2. The van der Waals surface area contributed by atoms with E-state index in [1.165, 1.54) is 0 Å². The Balaban J connectivity index is 2.25. The number of aliphatic hydroxyl groups excluding tert-OH is 2. The van der Waals surface area contributed by atoms with Crippen molar-refractivity contribution in [2.24, 2.45) is 0 Å². The zero-order chi connectivity index (χ0) is 15.1. The van der Waals surface area contributed by atoms with Crippen molar-refractivity contribution in [1.29, 1.82) is 0 Å². The highest BCUT2D eigenvalue weighted by atomic mass is 16.5. The van der Waals surface area contributed by atoms with E-state index in [9.17, 15) is 5.11 Å². The molecular weight excluding hydrogens is 266 g/mol. The van der Waals surface area contributed by atoms with Gasteiger partial charge >= 0.3 is 0 Å². The van der Waals surface area contributed by atoms with Crippen molar-refractivity contribution in [3.63, 3.8) is 0 Å². The largest absolute Gasteiger partial charge is 0.491 e. The van der Waals surface area contributed by atoms with Crippen LogP contribution in [0.25, 0.3) is 0 Å². The maximum absolute atomic E-state index is 9.50. The Labute approximate surface area is 125 Å². The molecule has 0 saturated carbocycles. The van der Waals surface area contributed by atoms with Gasteiger partial charge in [0.15, 0.2) is 0 Å². The molecule has 0 saturated heterocycles. The zero-order valence-electron chi connectivity index (χ0n) is 12.1. The summed E-state index contributed by atoms with van der Waals surface area (Å²) in [6.07, 6.45) is 0. The maximum atomic E-state index is 9.50. The van der Waals surface area contributed by atoms with Gasteiger partial charge in [-0.05, 0) is 43.3 Å². The van der Waals surface area contributed by atoms with Crippen LogP contribution in [0.4, 0.5) is 11.4 Å². The molecule has 1 unspecified atom stereocenters. The van der Waals surface area contributed by atoms with Crippen molar-refractivity contribution in [1.82, 2.24) is 0 Å². The molecule has 112 valence electrons. The van der Waals surface area contributed by atoms with Crippen LogP contribution in [0.1, 0.15) is 6.92 Å². The predicted molar refractivity (Wildman–Crippen MR) is 84.2 cm³/mol. The van der Waals surface area contributed by atoms with Crippen LogP contribution in [-0.2, 0) is 0 Å². The minimum atomic E-state index is -0.0309. The van der Waals surface area contributed by atoms with Gasteiger partial charge in [-0.3, -0.25) is 0 Å². The molecule has 0 fully saturated rings.